The minimum absolute atomic E-state index is 0.0412. The van der Waals surface area contributed by atoms with Gasteiger partial charge in [-0.05, 0) is 37.8 Å². The molecular formula is C14H20N2O3S. The van der Waals surface area contributed by atoms with Crippen LogP contribution in [0, 0.1) is 12.8 Å². The van der Waals surface area contributed by atoms with Gasteiger partial charge in [0.15, 0.2) is 0 Å². The van der Waals surface area contributed by atoms with Crippen molar-refractivity contribution in [1.82, 2.24) is 10.2 Å². The summed E-state index contributed by atoms with van der Waals surface area (Å²) in [5.41, 5.74) is 0. The molecule has 0 saturated carbocycles. The summed E-state index contributed by atoms with van der Waals surface area (Å²) in [7, 11) is 0. The van der Waals surface area contributed by atoms with E-state index in [4.69, 9.17) is 5.11 Å². The molecule has 0 unspecified atom stereocenters. The topological polar surface area (TPSA) is 69.6 Å². The number of hydrogen-bond donors (Lipinski definition) is 2. The van der Waals surface area contributed by atoms with E-state index in [-0.39, 0.29) is 25.0 Å². The zero-order chi connectivity index (χ0) is 14.5. The molecule has 2 amide bonds. The van der Waals surface area contributed by atoms with Crippen molar-refractivity contribution in [2.75, 3.05) is 26.2 Å². The second kappa shape index (κ2) is 6.85. The number of aliphatic hydroxyl groups excluding tert-OH is 1. The average Bonchev–Trinajstić information content (AvgIpc) is 2.91. The van der Waals surface area contributed by atoms with Crippen LogP contribution in [0.25, 0.3) is 0 Å². The van der Waals surface area contributed by atoms with E-state index in [2.05, 4.69) is 5.32 Å². The Morgan fingerprint density at radius 2 is 2.10 bits per heavy atom. The molecular weight excluding hydrogens is 276 g/mol. The second-order valence-corrected chi connectivity index (χ2v) is 6.39. The van der Waals surface area contributed by atoms with Crippen LogP contribution in [0.3, 0.4) is 0 Å². The molecule has 5 nitrogen and oxygen atoms in total. The Labute approximate surface area is 122 Å². The number of nitrogens with one attached hydrogen (secondary N) is 1. The Bertz CT molecular complexity index is 479. The van der Waals surface area contributed by atoms with Crippen LogP contribution in [0.1, 0.15) is 27.4 Å². The molecule has 0 aliphatic carbocycles. The van der Waals surface area contributed by atoms with Gasteiger partial charge in [0.1, 0.15) is 0 Å². The fourth-order valence-electron chi connectivity index (χ4n) is 2.28. The van der Waals surface area contributed by atoms with E-state index in [1.165, 1.54) is 11.3 Å². The highest BCUT2D eigenvalue weighted by Gasteiger charge is 2.22. The van der Waals surface area contributed by atoms with E-state index in [0.717, 1.165) is 17.7 Å². The minimum atomic E-state index is -0.193. The number of aryl methyl sites for hydroxylation is 1. The fourth-order valence-corrected chi connectivity index (χ4v) is 3.06. The number of nitrogens with zero attached hydrogens (tertiary/aromatic N) is 1. The molecule has 0 radical (unpaired) electrons. The Morgan fingerprint density at radius 1 is 1.40 bits per heavy atom. The lowest BCUT2D eigenvalue weighted by Crippen LogP contribution is -2.44. The smallest absolute Gasteiger partial charge is 0.261 e. The molecule has 2 rings (SSSR count). The Morgan fingerprint density at radius 3 is 2.65 bits per heavy atom. The van der Waals surface area contributed by atoms with Crippen LogP contribution in [-0.4, -0.2) is 48.1 Å². The van der Waals surface area contributed by atoms with Crippen molar-refractivity contribution >= 4 is 23.2 Å². The monoisotopic (exact) mass is 296 g/mol. The van der Waals surface area contributed by atoms with Crippen molar-refractivity contribution in [2.45, 2.75) is 19.8 Å². The Balaban J connectivity index is 1.76. The molecule has 1 aliphatic rings. The van der Waals surface area contributed by atoms with Crippen molar-refractivity contribution in [3.8, 4) is 0 Å². The predicted molar refractivity (Wildman–Crippen MR) is 77.8 cm³/mol. The maximum atomic E-state index is 12.0. The Kier molecular flexibility index (Phi) is 5.14. The van der Waals surface area contributed by atoms with Crippen molar-refractivity contribution < 1.29 is 14.7 Å². The summed E-state index contributed by atoms with van der Waals surface area (Å²) < 4.78 is 0. The van der Waals surface area contributed by atoms with Crippen molar-refractivity contribution in [1.29, 1.82) is 0 Å². The summed E-state index contributed by atoms with van der Waals surface area (Å²) in [5, 5.41) is 11.7. The average molecular weight is 296 g/mol. The van der Waals surface area contributed by atoms with Crippen LogP contribution in [-0.2, 0) is 4.79 Å². The standard InChI is InChI=1S/C14H20N2O3S/c1-10-2-3-12(20-10)14(19)15-8-13(18)16-6-4-11(9-17)5-7-16/h2-3,11,17H,4-9H2,1H3,(H,15,19). The molecule has 1 fully saturated rings. The number of rotatable bonds is 4. The lowest BCUT2D eigenvalue weighted by molar-refractivity contribution is -0.131. The fraction of sp³-hybridized carbons (Fsp3) is 0.571. The molecule has 1 saturated heterocycles. The molecule has 1 aromatic rings. The van der Waals surface area contributed by atoms with E-state index in [1.54, 1.807) is 11.0 Å². The van der Waals surface area contributed by atoms with E-state index >= 15 is 0 Å². The van der Waals surface area contributed by atoms with Crippen LogP contribution >= 0.6 is 11.3 Å². The number of aliphatic hydroxyl groups is 1. The van der Waals surface area contributed by atoms with Gasteiger partial charge >= 0.3 is 0 Å². The van der Waals surface area contributed by atoms with Crippen molar-refractivity contribution in [2.24, 2.45) is 5.92 Å². The lowest BCUT2D eigenvalue weighted by Gasteiger charge is -2.31. The van der Waals surface area contributed by atoms with Gasteiger partial charge in [0.05, 0.1) is 11.4 Å². The van der Waals surface area contributed by atoms with E-state index < -0.39 is 0 Å². The van der Waals surface area contributed by atoms with Gasteiger partial charge in [-0.2, -0.15) is 0 Å². The Hall–Kier alpha value is -1.40. The van der Waals surface area contributed by atoms with Gasteiger partial charge in [-0.25, -0.2) is 0 Å². The third-order valence-corrected chi connectivity index (χ3v) is 4.59. The van der Waals surface area contributed by atoms with Gasteiger partial charge in [-0.15, -0.1) is 11.3 Å². The van der Waals surface area contributed by atoms with Crippen LogP contribution in [0.15, 0.2) is 12.1 Å². The molecule has 110 valence electrons. The zero-order valence-electron chi connectivity index (χ0n) is 11.6. The highest BCUT2D eigenvalue weighted by atomic mass is 32.1. The first-order valence-corrected chi connectivity index (χ1v) is 7.65. The zero-order valence-corrected chi connectivity index (χ0v) is 12.4. The van der Waals surface area contributed by atoms with E-state index in [9.17, 15) is 9.59 Å². The normalized spacial score (nSPS) is 16.2. The number of carbonyl (C=O) groups excluding carboxylic acids is 2. The number of likely N-dealkylation sites (tertiary alicyclic amines) is 1. The van der Waals surface area contributed by atoms with E-state index in [0.29, 0.717) is 23.9 Å². The highest BCUT2D eigenvalue weighted by Crippen LogP contribution is 2.16. The van der Waals surface area contributed by atoms with Gasteiger partial charge < -0.3 is 15.3 Å². The number of thiophene rings is 1. The summed E-state index contributed by atoms with van der Waals surface area (Å²) in [4.78, 5) is 27.3. The first-order valence-electron chi connectivity index (χ1n) is 6.83. The molecule has 6 heteroatoms. The number of carbonyl (C=O) groups is 2. The summed E-state index contributed by atoms with van der Waals surface area (Å²) >= 11 is 1.42. The second-order valence-electron chi connectivity index (χ2n) is 5.10. The van der Waals surface area contributed by atoms with Crippen LogP contribution in [0.5, 0.6) is 0 Å². The van der Waals surface area contributed by atoms with Gasteiger partial charge in [-0.3, -0.25) is 9.59 Å². The maximum absolute atomic E-state index is 12.0. The molecule has 20 heavy (non-hydrogen) atoms. The highest BCUT2D eigenvalue weighted by molar-refractivity contribution is 7.13. The van der Waals surface area contributed by atoms with Gasteiger partial charge in [0, 0.05) is 24.6 Å². The van der Waals surface area contributed by atoms with Crippen LogP contribution < -0.4 is 5.32 Å². The minimum Gasteiger partial charge on any atom is -0.396 e. The summed E-state index contributed by atoms with van der Waals surface area (Å²) in [5.74, 6) is 0.0625. The SMILES string of the molecule is Cc1ccc(C(=O)NCC(=O)N2CCC(CO)CC2)s1. The summed E-state index contributed by atoms with van der Waals surface area (Å²) in [6.07, 6.45) is 1.67. The molecule has 2 heterocycles. The third kappa shape index (κ3) is 3.80. The molecule has 0 bridgehead atoms. The summed E-state index contributed by atoms with van der Waals surface area (Å²) in [6.45, 7) is 3.50. The van der Waals surface area contributed by atoms with E-state index in [1.807, 2.05) is 13.0 Å². The number of piperidine rings is 1. The van der Waals surface area contributed by atoms with Crippen LogP contribution in [0.4, 0.5) is 0 Å². The van der Waals surface area contributed by atoms with Crippen molar-refractivity contribution in [3.63, 3.8) is 0 Å². The molecule has 2 N–H and O–H groups in total. The largest absolute Gasteiger partial charge is 0.396 e. The maximum Gasteiger partial charge on any atom is 0.261 e. The first-order chi connectivity index (χ1) is 9.60. The van der Waals surface area contributed by atoms with Gasteiger partial charge in [0.25, 0.3) is 5.91 Å². The first kappa shape index (κ1) is 15.0. The third-order valence-electron chi connectivity index (χ3n) is 3.59. The predicted octanol–water partition coefficient (Wildman–Crippen LogP) is 1.02. The number of amides is 2. The molecule has 0 aromatic carbocycles. The van der Waals surface area contributed by atoms with Crippen molar-refractivity contribution in [3.05, 3.63) is 21.9 Å². The quantitative estimate of drug-likeness (QED) is 0.871. The molecule has 1 aliphatic heterocycles. The van der Waals surface area contributed by atoms with Crippen LogP contribution in [0.2, 0.25) is 0 Å². The summed E-state index contributed by atoms with van der Waals surface area (Å²) in [6, 6.07) is 3.66. The lowest BCUT2D eigenvalue weighted by atomic mass is 9.98. The molecule has 0 spiro atoms. The number of hydrogen-bond acceptors (Lipinski definition) is 4. The van der Waals surface area contributed by atoms with Gasteiger partial charge in [-0.1, -0.05) is 0 Å². The molecule has 0 atom stereocenters. The molecule has 1 aromatic heterocycles. The van der Waals surface area contributed by atoms with Gasteiger partial charge in [0.2, 0.25) is 5.91 Å².